The summed E-state index contributed by atoms with van der Waals surface area (Å²) >= 11 is 0. The first kappa shape index (κ1) is 15.4. The largest absolute Gasteiger partial charge is 0.504 e. The summed E-state index contributed by atoms with van der Waals surface area (Å²) in [4.78, 5) is 11.8. The number of phenolic OH excluding ortho intramolecular Hbond substituents is 3. The minimum atomic E-state index is -0.664. The van der Waals surface area contributed by atoms with E-state index in [2.05, 4.69) is 10.5 Å². The zero-order chi connectivity index (χ0) is 15.9. The number of carbonyl (C=O) groups is 1. The molecule has 1 amide bonds. The van der Waals surface area contributed by atoms with E-state index in [1.807, 2.05) is 30.3 Å². The topological polar surface area (TPSA) is 102 Å². The molecule has 0 bridgehead atoms. The number of aromatic hydroxyl groups is 3. The first-order chi connectivity index (χ1) is 10.6. The van der Waals surface area contributed by atoms with Crippen LogP contribution in [0.1, 0.15) is 22.3 Å². The monoisotopic (exact) mass is 300 g/mol. The summed E-state index contributed by atoms with van der Waals surface area (Å²) in [6.45, 7) is 0. The highest BCUT2D eigenvalue weighted by Crippen LogP contribution is 2.35. The molecule has 0 heterocycles. The summed E-state index contributed by atoms with van der Waals surface area (Å²) in [7, 11) is 0. The Hall–Kier alpha value is -3.02. The average molecular weight is 300 g/mol. The number of amides is 1. The molecule has 2 aromatic carbocycles. The van der Waals surface area contributed by atoms with E-state index in [1.54, 1.807) is 6.21 Å². The molecule has 0 atom stereocenters. The molecular weight excluding hydrogens is 284 g/mol. The molecule has 0 unspecified atom stereocenters. The van der Waals surface area contributed by atoms with Crippen LogP contribution < -0.4 is 5.43 Å². The van der Waals surface area contributed by atoms with Gasteiger partial charge in [-0.15, -0.1) is 0 Å². The summed E-state index contributed by atoms with van der Waals surface area (Å²) in [5.41, 5.74) is 3.45. The van der Waals surface area contributed by atoms with Crippen molar-refractivity contribution in [2.24, 2.45) is 5.10 Å². The Kier molecular flexibility index (Phi) is 4.98. The first-order valence-electron chi connectivity index (χ1n) is 6.68. The van der Waals surface area contributed by atoms with Crippen LogP contribution in [0.2, 0.25) is 0 Å². The second-order valence-corrected chi connectivity index (χ2v) is 4.64. The maximum Gasteiger partial charge on any atom is 0.271 e. The smallest absolute Gasteiger partial charge is 0.271 e. The maximum atomic E-state index is 11.8. The molecule has 2 rings (SSSR count). The molecule has 6 nitrogen and oxygen atoms in total. The van der Waals surface area contributed by atoms with E-state index in [-0.39, 0.29) is 5.56 Å². The average Bonchev–Trinajstić information content (AvgIpc) is 2.52. The summed E-state index contributed by atoms with van der Waals surface area (Å²) < 4.78 is 0. The number of aryl methyl sites for hydroxylation is 1. The van der Waals surface area contributed by atoms with Gasteiger partial charge in [0.15, 0.2) is 17.2 Å². The van der Waals surface area contributed by atoms with Crippen molar-refractivity contribution < 1.29 is 20.1 Å². The van der Waals surface area contributed by atoms with E-state index in [1.165, 1.54) is 5.56 Å². The molecule has 0 spiro atoms. The fourth-order valence-corrected chi connectivity index (χ4v) is 1.84. The van der Waals surface area contributed by atoms with Gasteiger partial charge in [0, 0.05) is 11.8 Å². The van der Waals surface area contributed by atoms with Gasteiger partial charge in [-0.25, -0.2) is 5.43 Å². The Morgan fingerprint density at radius 2 is 1.73 bits per heavy atom. The van der Waals surface area contributed by atoms with Crippen molar-refractivity contribution in [3.63, 3.8) is 0 Å². The number of carbonyl (C=O) groups excluding carboxylic acids is 1. The predicted octanol–water partition coefficient (Wildman–Crippen LogP) is 2.15. The highest BCUT2D eigenvalue weighted by atomic mass is 16.3. The van der Waals surface area contributed by atoms with Gasteiger partial charge in [0.05, 0.1) is 0 Å². The fraction of sp³-hybridized carbons (Fsp3) is 0.125. The molecular formula is C16H16N2O4. The Morgan fingerprint density at radius 3 is 2.36 bits per heavy atom. The SMILES string of the molecule is O=C(NN=CCCc1ccccc1)c1cc(O)c(O)c(O)c1. The van der Waals surface area contributed by atoms with Crippen LogP contribution in [0.3, 0.4) is 0 Å². The fourth-order valence-electron chi connectivity index (χ4n) is 1.84. The normalized spacial score (nSPS) is 10.7. The standard InChI is InChI=1S/C16H16N2O4/c19-13-9-12(10-14(20)15(13)21)16(22)18-17-8-4-7-11-5-2-1-3-6-11/h1-3,5-6,8-10,19-21H,4,7H2,(H,18,22). The van der Waals surface area contributed by atoms with Crippen molar-refractivity contribution in [1.82, 2.24) is 5.43 Å². The van der Waals surface area contributed by atoms with E-state index in [4.69, 9.17) is 0 Å². The molecule has 0 aliphatic carbocycles. The van der Waals surface area contributed by atoms with Crippen LogP contribution in [0.25, 0.3) is 0 Å². The van der Waals surface area contributed by atoms with Crippen LogP contribution >= 0.6 is 0 Å². The van der Waals surface area contributed by atoms with Crippen LogP contribution in [0.4, 0.5) is 0 Å². The molecule has 114 valence electrons. The number of hydrogen-bond donors (Lipinski definition) is 4. The molecule has 22 heavy (non-hydrogen) atoms. The van der Waals surface area contributed by atoms with E-state index in [0.717, 1.165) is 18.6 Å². The second-order valence-electron chi connectivity index (χ2n) is 4.64. The van der Waals surface area contributed by atoms with E-state index >= 15 is 0 Å². The van der Waals surface area contributed by atoms with Crippen LogP contribution in [0, 0.1) is 0 Å². The number of nitrogens with one attached hydrogen (secondary N) is 1. The molecule has 0 aliphatic heterocycles. The number of phenols is 3. The van der Waals surface area contributed by atoms with Gasteiger partial charge in [-0.3, -0.25) is 4.79 Å². The molecule has 0 radical (unpaired) electrons. The third-order valence-electron chi connectivity index (χ3n) is 2.99. The van der Waals surface area contributed by atoms with Crippen LogP contribution in [-0.2, 0) is 6.42 Å². The zero-order valence-corrected chi connectivity index (χ0v) is 11.7. The molecule has 0 saturated carbocycles. The van der Waals surface area contributed by atoms with Crippen molar-refractivity contribution in [1.29, 1.82) is 0 Å². The Morgan fingerprint density at radius 1 is 1.09 bits per heavy atom. The summed E-state index contributed by atoms with van der Waals surface area (Å²) in [5.74, 6) is -2.40. The van der Waals surface area contributed by atoms with Crippen LogP contribution in [0.15, 0.2) is 47.6 Å². The Balaban J connectivity index is 1.86. The Bertz CT molecular complexity index is 661. The summed E-state index contributed by atoms with van der Waals surface area (Å²) in [6.07, 6.45) is 3.04. The number of rotatable bonds is 5. The van der Waals surface area contributed by atoms with Crippen molar-refractivity contribution in [2.75, 3.05) is 0 Å². The lowest BCUT2D eigenvalue weighted by Gasteiger charge is -2.04. The van der Waals surface area contributed by atoms with Crippen LogP contribution in [-0.4, -0.2) is 27.4 Å². The minimum Gasteiger partial charge on any atom is -0.504 e. The number of hydrogen-bond acceptors (Lipinski definition) is 5. The highest BCUT2D eigenvalue weighted by Gasteiger charge is 2.12. The lowest BCUT2D eigenvalue weighted by Crippen LogP contribution is -2.17. The van der Waals surface area contributed by atoms with Gasteiger partial charge < -0.3 is 15.3 Å². The van der Waals surface area contributed by atoms with Gasteiger partial charge in [0.1, 0.15) is 0 Å². The maximum absolute atomic E-state index is 11.8. The summed E-state index contributed by atoms with van der Waals surface area (Å²) in [6, 6.07) is 12.0. The van der Waals surface area contributed by atoms with Crippen molar-refractivity contribution >= 4 is 12.1 Å². The van der Waals surface area contributed by atoms with E-state index in [0.29, 0.717) is 6.42 Å². The van der Waals surface area contributed by atoms with Crippen molar-refractivity contribution in [2.45, 2.75) is 12.8 Å². The third-order valence-corrected chi connectivity index (χ3v) is 2.99. The molecule has 2 aromatic rings. The van der Waals surface area contributed by atoms with E-state index < -0.39 is 23.2 Å². The molecule has 0 saturated heterocycles. The second kappa shape index (κ2) is 7.12. The van der Waals surface area contributed by atoms with Gasteiger partial charge in [0.25, 0.3) is 5.91 Å². The van der Waals surface area contributed by atoms with Gasteiger partial charge in [0.2, 0.25) is 0 Å². The van der Waals surface area contributed by atoms with Crippen LogP contribution in [0.5, 0.6) is 17.2 Å². The third kappa shape index (κ3) is 3.99. The lowest BCUT2D eigenvalue weighted by molar-refractivity contribution is 0.0954. The van der Waals surface area contributed by atoms with Crippen molar-refractivity contribution in [3.8, 4) is 17.2 Å². The quantitative estimate of drug-likeness (QED) is 0.386. The Labute approximate surface area is 127 Å². The number of benzene rings is 2. The number of nitrogens with zero attached hydrogens (tertiary/aromatic N) is 1. The van der Waals surface area contributed by atoms with Gasteiger partial charge in [-0.2, -0.15) is 5.10 Å². The van der Waals surface area contributed by atoms with E-state index in [9.17, 15) is 20.1 Å². The van der Waals surface area contributed by atoms with Crippen molar-refractivity contribution in [3.05, 3.63) is 53.6 Å². The molecule has 4 N–H and O–H groups in total. The van der Waals surface area contributed by atoms with Gasteiger partial charge >= 0.3 is 0 Å². The zero-order valence-electron chi connectivity index (χ0n) is 11.7. The molecule has 6 heteroatoms. The molecule has 0 fully saturated rings. The minimum absolute atomic E-state index is 0.00647. The first-order valence-corrected chi connectivity index (χ1v) is 6.68. The lowest BCUT2D eigenvalue weighted by atomic mass is 10.1. The molecule has 0 aliphatic rings. The van der Waals surface area contributed by atoms with Gasteiger partial charge in [-0.05, 0) is 30.5 Å². The predicted molar refractivity (Wildman–Crippen MR) is 82.2 cm³/mol. The van der Waals surface area contributed by atoms with Gasteiger partial charge in [-0.1, -0.05) is 30.3 Å². The number of hydrazone groups is 1. The summed E-state index contributed by atoms with van der Waals surface area (Å²) in [5, 5.41) is 31.7. The highest BCUT2D eigenvalue weighted by molar-refractivity contribution is 5.95. The molecule has 0 aromatic heterocycles.